The molecule has 0 bridgehead atoms. The fourth-order valence-electron chi connectivity index (χ4n) is 2.42. The zero-order valence-electron chi connectivity index (χ0n) is 12.4. The van der Waals surface area contributed by atoms with Crippen molar-refractivity contribution in [1.29, 1.82) is 0 Å². The lowest BCUT2D eigenvalue weighted by Crippen LogP contribution is -2.46. The van der Waals surface area contributed by atoms with Crippen molar-refractivity contribution in [3.8, 4) is 0 Å². The van der Waals surface area contributed by atoms with E-state index in [9.17, 15) is 9.59 Å². The van der Waals surface area contributed by atoms with E-state index in [0.29, 0.717) is 12.0 Å². The van der Waals surface area contributed by atoms with Crippen LogP contribution >= 0.6 is 11.6 Å². The Kier molecular flexibility index (Phi) is 5.17. The molecule has 2 heterocycles. The van der Waals surface area contributed by atoms with Crippen LogP contribution in [0.3, 0.4) is 0 Å². The molecule has 1 fully saturated rings. The van der Waals surface area contributed by atoms with Gasteiger partial charge in [0.05, 0.1) is 0 Å². The number of aromatic nitrogens is 1. The summed E-state index contributed by atoms with van der Waals surface area (Å²) in [6.45, 7) is 5.21. The largest absolute Gasteiger partial charge is 0.341 e. The highest BCUT2D eigenvalue weighted by Crippen LogP contribution is 2.13. The summed E-state index contributed by atoms with van der Waals surface area (Å²) >= 11 is 5.91. The van der Waals surface area contributed by atoms with Gasteiger partial charge in [-0.05, 0) is 38.3 Å². The first-order chi connectivity index (χ1) is 10.0. The third-order valence-electron chi connectivity index (χ3n) is 3.61. The van der Waals surface area contributed by atoms with Gasteiger partial charge in [0.15, 0.2) is 0 Å². The fraction of sp³-hybridized carbons (Fsp3) is 0.533. The number of halogens is 1. The highest BCUT2D eigenvalue weighted by atomic mass is 35.5. The maximum absolute atomic E-state index is 12.2. The Labute approximate surface area is 129 Å². The van der Waals surface area contributed by atoms with E-state index in [-0.39, 0.29) is 17.0 Å². The van der Waals surface area contributed by atoms with Crippen molar-refractivity contribution in [3.05, 3.63) is 28.5 Å². The number of hydrogen-bond acceptors (Lipinski definition) is 3. The molecule has 5 nitrogen and oxygen atoms in total. The summed E-state index contributed by atoms with van der Waals surface area (Å²) in [5, 5.41) is 3.02. The van der Waals surface area contributed by atoms with Gasteiger partial charge in [-0.15, -0.1) is 0 Å². The van der Waals surface area contributed by atoms with Gasteiger partial charge in [-0.1, -0.05) is 18.5 Å². The minimum Gasteiger partial charge on any atom is -0.341 e. The number of rotatable bonds is 4. The van der Waals surface area contributed by atoms with Crippen molar-refractivity contribution in [2.75, 3.05) is 13.1 Å². The molecule has 6 heteroatoms. The van der Waals surface area contributed by atoms with Crippen molar-refractivity contribution in [1.82, 2.24) is 15.2 Å². The minimum absolute atomic E-state index is 0.0308. The summed E-state index contributed by atoms with van der Waals surface area (Å²) in [7, 11) is 0. The molecule has 114 valence electrons. The molecule has 0 aromatic carbocycles. The molecule has 2 amide bonds. The molecule has 21 heavy (non-hydrogen) atoms. The monoisotopic (exact) mass is 309 g/mol. The fourth-order valence-corrected chi connectivity index (χ4v) is 2.64. The number of pyridine rings is 1. The zero-order valence-corrected chi connectivity index (χ0v) is 13.1. The highest BCUT2D eigenvalue weighted by molar-refractivity contribution is 6.29. The Morgan fingerprint density at radius 3 is 2.67 bits per heavy atom. The van der Waals surface area contributed by atoms with Crippen LogP contribution in [0.1, 0.15) is 42.7 Å². The molecular weight excluding hydrogens is 290 g/mol. The van der Waals surface area contributed by atoms with E-state index in [1.165, 1.54) is 6.07 Å². The maximum atomic E-state index is 12.2. The minimum atomic E-state index is -0.535. The molecule has 0 spiro atoms. The Hall–Kier alpha value is -1.62. The van der Waals surface area contributed by atoms with E-state index >= 15 is 0 Å². The van der Waals surface area contributed by atoms with Crippen LogP contribution < -0.4 is 5.32 Å². The molecule has 0 saturated carbocycles. The SMILES string of the molecule is CCc1cc(C(=O)NC(C)C(=O)N2CCCC2)cc(Cl)n1. The molecule has 0 aliphatic carbocycles. The summed E-state index contributed by atoms with van der Waals surface area (Å²) in [5.74, 6) is -0.328. The van der Waals surface area contributed by atoms with E-state index in [0.717, 1.165) is 31.6 Å². The molecule has 0 radical (unpaired) electrons. The summed E-state index contributed by atoms with van der Waals surface area (Å²) in [6, 6.07) is 2.68. The van der Waals surface area contributed by atoms with Crippen LogP contribution in [-0.2, 0) is 11.2 Å². The molecule has 1 aromatic rings. The predicted molar refractivity (Wildman–Crippen MR) is 81.4 cm³/mol. The topological polar surface area (TPSA) is 62.3 Å². The van der Waals surface area contributed by atoms with Crippen molar-refractivity contribution >= 4 is 23.4 Å². The summed E-state index contributed by atoms with van der Waals surface area (Å²) in [4.78, 5) is 30.3. The quantitative estimate of drug-likeness (QED) is 0.866. The van der Waals surface area contributed by atoms with Crippen molar-refractivity contribution in [2.24, 2.45) is 0 Å². The van der Waals surface area contributed by atoms with Gasteiger partial charge in [-0.25, -0.2) is 4.98 Å². The van der Waals surface area contributed by atoms with Gasteiger partial charge in [0.1, 0.15) is 11.2 Å². The normalized spacial score (nSPS) is 15.9. The number of amides is 2. The molecule has 2 rings (SSSR count). The first-order valence-electron chi connectivity index (χ1n) is 7.27. The number of nitrogens with one attached hydrogen (secondary N) is 1. The van der Waals surface area contributed by atoms with Crippen molar-refractivity contribution in [2.45, 2.75) is 39.2 Å². The number of aryl methyl sites for hydroxylation is 1. The Balaban J connectivity index is 2.03. The van der Waals surface area contributed by atoms with Crippen LogP contribution in [-0.4, -0.2) is 40.8 Å². The van der Waals surface area contributed by atoms with Gasteiger partial charge in [-0.2, -0.15) is 0 Å². The third-order valence-corrected chi connectivity index (χ3v) is 3.80. The van der Waals surface area contributed by atoms with E-state index < -0.39 is 6.04 Å². The molecule has 1 atom stereocenters. The van der Waals surface area contributed by atoms with Crippen LogP contribution in [0.2, 0.25) is 5.15 Å². The molecular formula is C15H20ClN3O2. The Bertz CT molecular complexity index is 542. The summed E-state index contributed by atoms with van der Waals surface area (Å²) < 4.78 is 0. The first kappa shape index (κ1) is 15.8. The molecule has 1 aromatic heterocycles. The first-order valence-corrected chi connectivity index (χ1v) is 7.65. The molecule has 1 unspecified atom stereocenters. The number of hydrogen-bond donors (Lipinski definition) is 1. The summed E-state index contributed by atoms with van der Waals surface area (Å²) in [5.41, 5.74) is 1.19. The van der Waals surface area contributed by atoms with E-state index in [1.54, 1.807) is 17.9 Å². The van der Waals surface area contributed by atoms with Crippen LogP contribution in [0.25, 0.3) is 0 Å². The van der Waals surface area contributed by atoms with Gasteiger partial charge in [0.2, 0.25) is 5.91 Å². The second-order valence-corrected chi connectivity index (χ2v) is 5.64. The zero-order chi connectivity index (χ0) is 15.4. The van der Waals surface area contributed by atoms with Gasteiger partial charge < -0.3 is 10.2 Å². The number of likely N-dealkylation sites (tertiary alicyclic amines) is 1. The van der Waals surface area contributed by atoms with Crippen LogP contribution in [0, 0.1) is 0 Å². The highest BCUT2D eigenvalue weighted by Gasteiger charge is 2.24. The van der Waals surface area contributed by atoms with Crippen molar-refractivity contribution < 1.29 is 9.59 Å². The molecule has 1 aliphatic rings. The second-order valence-electron chi connectivity index (χ2n) is 5.25. The lowest BCUT2D eigenvalue weighted by atomic mass is 10.1. The third kappa shape index (κ3) is 3.94. The number of nitrogens with zero attached hydrogens (tertiary/aromatic N) is 2. The van der Waals surface area contributed by atoms with Gasteiger partial charge in [0, 0.05) is 24.3 Å². The lowest BCUT2D eigenvalue weighted by Gasteiger charge is -2.21. The average molecular weight is 310 g/mol. The Morgan fingerprint density at radius 2 is 2.05 bits per heavy atom. The smallest absolute Gasteiger partial charge is 0.252 e. The molecule has 1 aliphatic heterocycles. The standard InChI is InChI=1S/C15H20ClN3O2/c1-3-12-8-11(9-13(16)18-12)14(20)17-10(2)15(21)19-6-4-5-7-19/h8-10H,3-7H2,1-2H3,(H,17,20). The van der Waals surface area contributed by atoms with E-state index in [2.05, 4.69) is 10.3 Å². The number of carbonyl (C=O) groups excluding carboxylic acids is 2. The van der Waals surface area contributed by atoms with E-state index in [1.807, 2.05) is 6.92 Å². The average Bonchev–Trinajstić information content (AvgIpc) is 2.99. The molecule has 1 saturated heterocycles. The second kappa shape index (κ2) is 6.89. The predicted octanol–water partition coefficient (Wildman–Crippen LogP) is 2.04. The van der Waals surface area contributed by atoms with Gasteiger partial charge >= 0.3 is 0 Å². The van der Waals surface area contributed by atoms with Crippen LogP contribution in [0.5, 0.6) is 0 Å². The Morgan fingerprint density at radius 1 is 1.38 bits per heavy atom. The van der Waals surface area contributed by atoms with Gasteiger partial charge in [0.25, 0.3) is 5.91 Å². The summed E-state index contributed by atoms with van der Waals surface area (Å²) in [6.07, 6.45) is 2.77. The molecule has 1 N–H and O–H groups in total. The van der Waals surface area contributed by atoms with Crippen LogP contribution in [0.4, 0.5) is 0 Å². The number of carbonyl (C=O) groups is 2. The lowest BCUT2D eigenvalue weighted by molar-refractivity contribution is -0.131. The maximum Gasteiger partial charge on any atom is 0.252 e. The van der Waals surface area contributed by atoms with Gasteiger partial charge in [-0.3, -0.25) is 9.59 Å². The van der Waals surface area contributed by atoms with E-state index in [4.69, 9.17) is 11.6 Å². The van der Waals surface area contributed by atoms with Crippen molar-refractivity contribution in [3.63, 3.8) is 0 Å². The van der Waals surface area contributed by atoms with Crippen LogP contribution in [0.15, 0.2) is 12.1 Å².